The fraction of sp³-hybridized carbons (Fsp3) is 0. The van der Waals surface area contributed by atoms with Gasteiger partial charge in [-0.1, -0.05) is 0 Å². The molecule has 0 bridgehead atoms. The number of hydrogen-bond acceptors (Lipinski definition) is 1. The first-order valence-electron chi connectivity index (χ1n) is 0.582. The average molecular weight is 102 g/mol. The van der Waals surface area contributed by atoms with Crippen molar-refractivity contribution in [1.82, 2.24) is 0 Å². The second-order valence-electron chi connectivity index (χ2n) is 0.226. The molecule has 0 aliphatic rings. The summed E-state index contributed by atoms with van der Waals surface area (Å²) in [5, 5.41) is 0. The van der Waals surface area contributed by atoms with Crippen LogP contribution >= 0.6 is 7.32 Å². The minimum absolute atomic E-state index is 3.30. The molecule has 4 heteroatoms. The van der Waals surface area contributed by atoms with Crippen molar-refractivity contribution in [2.75, 3.05) is 0 Å². The first-order valence-corrected chi connectivity index (χ1v) is 2.97. The van der Waals surface area contributed by atoms with E-state index in [0.29, 0.717) is 0 Å². The summed E-state index contributed by atoms with van der Waals surface area (Å²) < 4.78 is 20.5. The van der Waals surface area contributed by atoms with E-state index in [4.69, 9.17) is 0 Å². The third-order valence-electron chi connectivity index (χ3n) is 0. The summed E-state index contributed by atoms with van der Waals surface area (Å²) in [4.78, 5) is 0. The minimum Gasteiger partial charge on any atom is -0.185 e. The molecule has 0 aromatic rings. The monoisotopic (exact) mass is 102 g/mol. The van der Waals surface area contributed by atoms with E-state index in [9.17, 15) is 8.39 Å². The summed E-state index contributed by atoms with van der Waals surface area (Å²) in [6.07, 6.45) is 0. The van der Waals surface area contributed by atoms with E-state index >= 15 is 0 Å². The van der Waals surface area contributed by atoms with Crippen LogP contribution in [0.2, 0.25) is 0 Å². The topological polar surface area (TPSA) is 0 Å². The van der Waals surface area contributed by atoms with Gasteiger partial charge in [0.25, 0.3) is 7.32 Å². The van der Waals surface area contributed by atoms with E-state index in [-0.39, 0.29) is 0 Å². The minimum atomic E-state index is -3.30. The van der Waals surface area contributed by atoms with Crippen LogP contribution in [0.5, 0.6) is 0 Å². The van der Waals surface area contributed by atoms with Crippen molar-refractivity contribution in [1.29, 1.82) is 0 Å². The normalized spacial score (nSPS) is 8.75. The molecule has 0 heterocycles. The molecule has 0 radical (unpaired) electrons. The summed E-state index contributed by atoms with van der Waals surface area (Å²) in [6.45, 7) is 0. The highest BCUT2D eigenvalue weighted by atomic mass is 32.4. The molecule has 0 aromatic carbocycles. The van der Waals surface area contributed by atoms with Gasteiger partial charge in [0.1, 0.15) is 0 Å². The molecule has 0 unspecified atom stereocenters. The van der Waals surface area contributed by atoms with Crippen LogP contribution in [-0.4, -0.2) is 0 Å². The van der Waals surface area contributed by atoms with E-state index in [2.05, 4.69) is 11.8 Å². The Kier molecular flexibility index (Phi) is 2.02. The maximum absolute atomic E-state index is 10.2. The molecule has 0 nitrogen and oxygen atoms in total. The Morgan fingerprint density at radius 2 is 1.50 bits per heavy atom. The average Bonchev–Trinajstić information content (AvgIpc) is 0.811. The van der Waals surface area contributed by atoms with E-state index in [0.717, 1.165) is 0 Å². The molecule has 0 amide bonds. The van der Waals surface area contributed by atoms with Crippen molar-refractivity contribution in [3.05, 3.63) is 0 Å². The lowest BCUT2D eigenvalue weighted by Crippen LogP contribution is -1.02. The molecule has 0 N–H and O–H groups in total. The SMILES string of the molecule is F[PH](F)=S. The van der Waals surface area contributed by atoms with Gasteiger partial charge in [0, 0.05) is 0 Å². The van der Waals surface area contributed by atoms with Gasteiger partial charge in [0.05, 0.1) is 0 Å². The quantitative estimate of drug-likeness (QED) is 0.417. The van der Waals surface area contributed by atoms with Gasteiger partial charge >= 0.3 is 0 Å². The lowest BCUT2D eigenvalue weighted by atomic mass is 18.8. The molecule has 0 rings (SSSR count). The van der Waals surface area contributed by atoms with Crippen LogP contribution in [-0.2, 0) is 11.8 Å². The second-order valence-corrected chi connectivity index (χ2v) is 1.60. The molecule has 0 aliphatic carbocycles. The van der Waals surface area contributed by atoms with Gasteiger partial charge in [-0.05, 0) is 11.8 Å². The lowest BCUT2D eigenvalue weighted by Gasteiger charge is -1.54. The number of halogens is 2. The first-order chi connectivity index (χ1) is 1.73. The maximum atomic E-state index is 10.2. The third-order valence-corrected chi connectivity index (χ3v) is 0. The van der Waals surface area contributed by atoms with Gasteiger partial charge in [0.15, 0.2) is 0 Å². The number of rotatable bonds is 0. The molecule has 0 aliphatic heterocycles. The van der Waals surface area contributed by atoms with Crippen LogP contribution in [0.15, 0.2) is 0 Å². The Balaban J connectivity index is 2.80. The Morgan fingerprint density at radius 1 is 1.50 bits per heavy atom. The number of hydrogen-bond donors (Lipinski definition) is 0. The van der Waals surface area contributed by atoms with Crippen LogP contribution in [0, 0.1) is 0 Å². The molecule has 0 saturated carbocycles. The van der Waals surface area contributed by atoms with Crippen molar-refractivity contribution >= 4 is 19.1 Å². The van der Waals surface area contributed by atoms with E-state index in [1.165, 1.54) is 0 Å². The fourth-order valence-corrected chi connectivity index (χ4v) is 0. The van der Waals surface area contributed by atoms with Gasteiger partial charge in [-0.3, -0.25) is 0 Å². The summed E-state index contributed by atoms with van der Waals surface area (Å²) in [5.41, 5.74) is 0. The fourth-order valence-electron chi connectivity index (χ4n) is 0. The maximum Gasteiger partial charge on any atom is 0.262 e. The zero-order valence-electron chi connectivity index (χ0n) is 1.66. The standard InChI is InChI=1S/F2HPS/c1-3(2)4/h3H. The first kappa shape index (κ1) is 4.51. The van der Waals surface area contributed by atoms with Crippen LogP contribution < -0.4 is 0 Å². The smallest absolute Gasteiger partial charge is 0.185 e. The van der Waals surface area contributed by atoms with Crippen LogP contribution in [0.1, 0.15) is 0 Å². The molecule has 0 aromatic heterocycles. The van der Waals surface area contributed by atoms with Crippen LogP contribution in [0.3, 0.4) is 0 Å². The molecule has 4 heavy (non-hydrogen) atoms. The van der Waals surface area contributed by atoms with E-state index in [1.807, 2.05) is 0 Å². The zero-order valence-corrected chi connectivity index (χ0v) is 3.48. The molecular weight excluding hydrogens is 101 g/mol. The third kappa shape index (κ3) is 22.0. The Bertz CT molecular complexity index is 29.0. The molecule has 0 atom stereocenters. The Labute approximate surface area is 28.5 Å². The van der Waals surface area contributed by atoms with Crippen molar-refractivity contribution in [2.24, 2.45) is 0 Å². The zero-order chi connectivity index (χ0) is 3.58. The van der Waals surface area contributed by atoms with Crippen LogP contribution in [0.25, 0.3) is 0 Å². The largest absolute Gasteiger partial charge is 0.262 e. The van der Waals surface area contributed by atoms with Gasteiger partial charge in [0.2, 0.25) is 0 Å². The van der Waals surface area contributed by atoms with Gasteiger partial charge < -0.3 is 0 Å². The Morgan fingerprint density at radius 3 is 1.50 bits per heavy atom. The lowest BCUT2D eigenvalue weighted by molar-refractivity contribution is 0.779. The molecular formula is HF2PS. The predicted molar refractivity (Wildman–Crippen MR) is 17.9 cm³/mol. The van der Waals surface area contributed by atoms with Gasteiger partial charge in [-0.15, -0.1) is 0 Å². The highest BCUT2D eigenvalue weighted by Crippen LogP contribution is 2.21. The highest BCUT2D eigenvalue weighted by Gasteiger charge is 1.65. The second kappa shape index (κ2) is 1.79. The van der Waals surface area contributed by atoms with Crippen molar-refractivity contribution in [2.45, 2.75) is 0 Å². The molecule has 26 valence electrons. The van der Waals surface area contributed by atoms with Crippen molar-refractivity contribution < 1.29 is 8.39 Å². The van der Waals surface area contributed by atoms with E-state index < -0.39 is 7.32 Å². The molecule has 0 fully saturated rings. The van der Waals surface area contributed by atoms with Crippen molar-refractivity contribution in [3.63, 3.8) is 0 Å². The summed E-state index contributed by atoms with van der Waals surface area (Å²) >= 11 is 3.39. The summed E-state index contributed by atoms with van der Waals surface area (Å²) in [5.74, 6) is 0. The van der Waals surface area contributed by atoms with Crippen molar-refractivity contribution in [3.8, 4) is 0 Å². The van der Waals surface area contributed by atoms with Gasteiger partial charge in [-0.2, -0.15) is 8.39 Å². The predicted octanol–water partition coefficient (Wildman–Crippen LogP) is 1.43. The summed E-state index contributed by atoms with van der Waals surface area (Å²) in [6, 6.07) is 0. The van der Waals surface area contributed by atoms with E-state index in [1.54, 1.807) is 0 Å². The molecule has 0 saturated heterocycles. The highest BCUT2D eigenvalue weighted by molar-refractivity contribution is 8.00. The summed E-state index contributed by atoms with van der Waals surface area (Å²) in [7, 11) is -3.30. The van der Waals surface area contributed by atoms with Crippen LogP contribution in [0.4, 0.5) is 8.39 Å². The Hall–Kier alpha value is 0.510. The molecule has 0 spiro atoms. The van der Waals surface area contributed by atoms with Gasteiger partial charge in [-0.25, -0.2) is 0 Å².